The van der Waals surface area contributed by atoms with Crippen LogP contribution in [0.5, 0.6) is 5.75 Å². The highest BCUT2D eigenvalue weighted by atomic mass is 16.5. The standard InChI is InChI=1S/C14H17N3O3/c15-7-5-11(18)14-16-13(17-20-14)10-6-8-19-12-4-2-1-3-9(10)12/h1-4,10-11,18H,5-8,15H2/t10?,11-/m0/s1. The normalized spacial score (nSPS) is 19.2. The van der Waals surface area contributed by atoms with Gasteiger partial charge < -0.3 is 20.1 Å². The van der Waals surface area contributed by atoms with Crippen LogP contribution >= 0.6 is 0 Å². The molecule has 0 spiro atoms. The van der Waals surface area contributed by atoms with Gasteiger partial charge in [0, 0.05) is 5.56 Å². The van der Waals surface area contributed by atoms with E-state index in [-0.39, 0.29) is 11.8 Å². The summed E-state index contributed by atoms with van der Waals surface area (Å²) < 4.78 is 10.8. The molecule has 0 bridgehead atoms. The number of benzene rings is 1. The third kappa shape index (κ3) is 2.39. The minimum absolute atomic E-state index is 0.0440. The van der Waals surface area contributed by atoms with Gasteiger partial charge in [0.05, 0.1) is 12.5 Å². The zero-order valence-electron chi connectivity index (χ0n) is 11.0. The van der Waals surface area contributed by atoms with Crippen LogP contribution < -0.4 is 10.5 Å². The van der Waals surface area contributed by atoms with E-state index >= 15 is 0 Å². The van der Waals surface area contributed by atoms with Gasteiger partial charge in [0.2, 0.25) is 0 Å². The molecular formula is C14H17N3O3. The molecule has 1 unspecified atom stereocenters. The van der Waals surface area contributed by atoms with Gasteiger partial charge in [-0.25, -0.2) is 0 Å². The van der Waals surface area contributed by atoms with Crippen molar-refractivity contribution in [2.75, 3.05) is 13.2 Å². The minimum atomic E-state index is -0.795. The highest BCUT2D eigenvalue weighted by Gasteiger charge is 2.27. The first-order valence-corrected chi connectivity index (χ1v) is 6.73. The number of para-hydroxylation sites is 1. The maximum absolute atomic E-state index is 9.83. The van der Waals surface area contributed by atoms with Gasteiger partial charge in [-0.3, -0.25) is 0 Å². The predicted octanol–water partition coefficient (Wildman–Crippen LogP) is 1.37. The van der Waals surface area contributed by atoms with E-state index in [4.69, 9.17) is 15.0 Å². The van der Waals surface area contributed by atoms with E-state index in [9.17, 15) is 5.11 Å². The Kier molecular flexibility index (Phi) is 3.66. The van der Waals surface area contributed by atoms with Gasteiger partial charge in [-0.15, -0.1) is 0 Å². The molecule has 0 amide bonds. The Morgan fingerprint density at radius 1 is 1.40 bits per heavy atom. The van der Waals surface area contributed by atoms with E-state index in [1.807, 2.05) is 24.3 Å². The van der Waals surface area contributed by atoms with E-state index in [0.29, 0.717) is 25.4 Å². The predicted molar refractivity (Wildman–Crippen MR) is 71.3 cm³/mol. The van der Waals surface area contributed by atoms with Crippen molar-refractivity contribution in [1.82, 2.24) is 10.1 Å². The molecule has 1 aliphatic heterocycles. The van der Waals surface area contributed by atoms with E-state index in [1.54, 1.807) is 0 Å². The molecule has 2 aromatic rings. The number of nitrogens with zero attached hydrogens (tertiary/aromatic N) is 2. The number of aromatic nitrogens is 2. The van der Waals surface area contributed by atoms with Crippen LogP contribution in [0.15, 0.2) is 28.8 Å². The molecule has 20 heavy (non-hydrogen) atoms. The van der Waals surface area contributed by atoms with Gasteiger partial charge in [-0.1, -0.05) is 23.4 Å². The first kappa shape index (κ1) is 13.1. The third-order valence-electron chi connectivity index (χ3n) is 3.45. The van der Waals surface area contributed by atoms with Gasteiger partial charge in [0.15, 0.2) is 5.82 Å². The van der Waals surface area contributed by atoms with Crippen molar-refractivity contribution < 1.29 is 14.4 Å². The van der Waals surface area contributed by atoms with Gasteiger partial charge >= 0.3 is 0 Å². The monoisotopic (exact) mass is 275 g/mol. The van der Waals surface area contributed by atoms with E-state index in [0.717, 1.165) is 17.7 Å². The lowest BCUT2D eigenvalue weighted by Gasteiger charge is -2.23. The van der Waals surface area contributed by atoms with Crippen LogP contribution in [0.25, 0.3) is 0 Å². The average molecular weight is 275 g/mol. The lowest BCUT2D eigenvalue weighted by molar-refractivity contribution is 0.127. The molecule has 1 aromatic heterocycles. The molecule has 1 aliphatic rings. The van der Waals surface area contributed by atoms with Gasteiger partial charge in [0.1, 0.15) is 11.9 Å². The SMILES string of the molecule is NCC[C@H](O)c1nc(C2CCOc3ccccc32)no1. The van der Waals surface area contributed by atoms with Crippen molar-refractivity contribution in [2.45, 2.75) is 24.9 Å². The van der Waals surface area contributed by atoms with Crippen molar-refractivity contribution in [3.05, 3.63) is 41.5 Å². The zero-order valence-corrected chi connectivity index (χ0v) is 11.0. The van der Waals surface area contributed by atoms with Gasteiger partial charge in [0.25, 0.3) is 5.89 Å². The number of ether oxygens (including phenoxy) is 1. The van der Waals surface area contributed by atoms with Crippen LogP contribution in [0.2, 0.25) is 0 Å². The molecule has 0 aliphatic carbocycles. The van der Waals surface area contributed by atoms with Crippen LogP contribution in [0.3, 0.4) is 0 Å². The number of fused-ring (bicyclic) bond motifs is 1. The highest BCUT2D eigenvalue weighted by molar-refractivity contribution is 5.40. The van der Waals surface area contributed by atoms with Crippen LogP contribution in [0.4, 0.5) is 0 Å². The van der Waals surface area contributed by atoms with E-state index in [2.05, 4.69) is 10.1 Å². The number of hydrogen-bond donors (Lipinski definition) is 2. The van der Waals surface area contributed by atoms with Crippen molar-refractivity contribution in [3.8, 4) is 5.75 Å². The van der Waals surface area contributed by atoms with Crippen molar-refractivity contribution in [3.63, 3.8) is 0 Å². The molecule has 106 valence electrons. The number of rotatable bonds is 4. The molecule has 3 rings (SSSR count). The zero-order chi connectivity index (χ0) is 13.9. The summed E-state index contributed by atoms with van der Waals surface area (Å²) in [7, 11) is 0. The first-order chi connectivity index (χ1) is 9.79. The Bertz CT molecular complexity index is 585. The van der Waals surface area contributed by atoms with Crippen molar-refractivity contribution in [2.24, 2.45) is 5.73 Å². The second-order valence-corrected chi connectivity index (χ2v) is 4.81. The Balaban J connectivity index is 1.87. The lowest BCUT2D eigenvalue weighted by Crippen LogP contribution is -2.16. The second kappa shape index (κ2) is 5.60. The molecule has 2 heterocycles. The Hall–Kier alpha value is -1.92. The fourth-order valence-electron chi connectivity index (χ4n) is 2.42. The second-order valence-electron chi connectivity index (χ2n) is 4.81. The van der Waals surface area contributed by atoms with Crippen LogP contribution in [0, 0.1) is 0 Å². The summed E-state index contributed by atoms with van der Waals surface area (Å²) >= 11 is 0. The molecule has 3 N–H and O–H groups in total. The highest BCUT2D eigenvalue weighted by Crippen LogP contribution is 2.36. The fourth-order valence-corrected chi connectivity index (χ4v) is 2.42. The maximum atomic E-state index is 9.83. The summed E-state index contributed by atoms with van der Waals surface area (Å²) in [6, 6.07) is 7.84. The number of nitrogens with two attached hydrogens (primary N) is 1. The first-order valence-electron chi connectivity index (χ1n) is 6.73. The van der Waals surface area contributed by atoms with Crippen molar-refractivity contribution in [1.29, 1.82) is 0 Å². The molecule has 2 atom stereocenters. The van der Waals surface area contributed by atoms with E-state index < -0.39 is 6.10 Å². The quantitative estimate of drug-likeness (QED) is 0.875. The van der Waals surface area contributed by atoms with Crippen LogP contribution in [-0.2, 0) is 0 Å². The van der Waals surface area contributed by atoms with Crippen LogP contribution in [0.1, 0.15) is 42.1 Å². The summed E-state index contributed by atoms with van der Waals surface area (Å²) in [5.41, 5.74) is 6.47. The summed E-state index contributed by atoms with van der Waals surface area (Å²) in [6.45, 7) is 0.996. The minimum Gasteiger partial charge on any atom is -0.493 e. The number of aliphatic hydroxyl groups excluding tert-OH is 1. The summed E-state index contributed by atoms with van der Waals surface area (Å²) in [4.78, 5) is 4.31. The Morgan fingerprint density at radius 3 is 3.10 bits per heavy atom. The van der Waals surface area contributed by atoms with Gasteiger partial charge in [-0.05, 0) is 25.5 Å². The molecule has 0 saturated heterocycles. The topological polar surface area (TPSA) is 94.4 Å². The summed E-state index contributed by atoms with van der Waals surface area (Å²) in [6.07, 6.45) is 0.408. The fraction of sp³-hybridized carbons (Fsp3) is 0.429. The number of aliphatic hydroxyl groups is 1. The molecule has 0 fully saturated rings. The Morgan fingerprint density at radius 2 is 2.25 bits per heavy atom. The Labute approximate surface area is 116 Å². The number of hydrogen-bond acceptors (Lipinski definition) is 6. The molecule has 0 saturated carbocycles. The molecular weight excluding hydrogens is 258 g/mol. The van der Waals surface area contributed by atoms with Crippen molar-refractivity contribution >= 4 is 0 Å². The maximum Gasteiger partial charge on any atom is 0.255 e. The molecule has 0 radical (unpaired) electrons. The van der Waals surface area contributed by atoms with E-state index in [1.165, 1.54) is 0 Å². The molecule has 6 nitrogen and oxygen atoms in total. The summed E-state index contributed by atoms with van der Waals surface area (Å²) in [5, 5.41) is 13.8. The van der Waals surface area contributed by atoms with Crippen LogP contribution in [-0.4, -0.2) is 28.4 Å². The molecule has 6 heteroatoms. The lowest BCUT2D eigenvalue weighted by atomic mass is 9.92. The smallest absolute Gasteiger partial charge is 0.255 e. The largest absolute Gasteiger partial charge is 0.493 e. The summed E-state index contributed by atoms with van der Waals surface area (Å²) in [5.74, 6) is 1.72. The van der Waals surface area contributed by atoms with Gasteiger partial charge in [-0.2, -0.15) is 4.98 Å². The molecule has 1 aromatic carbocycles. The third-order valence-corrected chi connectivity index (χ3v) is 3.45. The average Bonchev–Trinajstić information content (AvgIpc) is 2.97.